The summed E-state index contributed by atoms with van der Waals surface area (Å²) in [6.07, 6.45) is -2.48. The topological polar surface area (TPSA) is 24.4 Å². The summed E-state index contributed by atoms with van der Waals surface area (Å²) in [6.45, 7) is 3.81. The summed E-state index contributed by atoms with van der Waals surface area (Å²) in [7, 11) is 0. The van der Waals surface area contributed by atoms with Gasteiger partial charge in [0.1, 0.15) is 6.67 Å². The van der Waals surface area contributed by atoms with Crippen molar-refractivity contribution in [1.29, 1.82) is 0 Å². The maximum Gasteiger partial charge on any atom is 0.416 e. The molecule has 0 bridgehead atoms. The summed E-state index contributed by atoms with van der Waals surface area (Å²) in [6, 6.07) is 4.10. The quantitative estimate of drug-likeness (QED) is 0.817. The van der Waals surface area contributed by atoms with Crippen LogP contribution in [0.4, 0.5) is 13.2 Å². The Morgan fingerprint density at radius 2 is 1.94 bits per heavy atom. The predicted octanol–water partition coefficient (Wildman–Crippen LogP) is 3.27. The van der Waals surface area contributed by atoms with Crippen molar-refractivity contribution in [1.82, 2.24) is 5.32 Å². The third kappa shape index (κ3) is 2.55. The molecule has 2 nitrogen and oxygen atoms in total. The van der Waals surface area contributed by atoms with Crippen molar-refractivity contribution in [2.45, 2.75) is 20.0 Å². The first-order valence-electron chi connectivity index (χ1n) is 5.53. The Morgan fingerprint density at radius 1 is 1.22 bits per heavy atom. The lowest BCUT2D eigenvalue weighted by atomic mass is 10.0. The van der Waals surface area contributed by atoms with Gasteiger partial charge in [0, 0.05) is 11.3 Å². The van der Waals surface area contributed by atoms with Crippen molar-refractivity contribution in [3.8, 4) is 0 Å². The number of aryl methyl sites for hydroxylation is 1. The Kier molecular flexibility index (Phi) is 3.15. The van der Waals surface area contributed by atoms with E-state index in [1.165, 1.54) is 19.1 Å². The van der Waals surface area contributed by atoms with Gasteiger partial charge in [0.15, 0.2) is 0 Å². The second-order valence-electron chi connectivity index (χ2n) is 4.23. The van der Waals surface area contributed by atoms with Crippen molar-refractivity contribution in [3.63, 3.8) is 0 Å². The van der Waals surface area contributed by atoms with Gasteiger partial charge in [-0.1, -0.05) is 6.07 Å². The van der Waals surface area contributed by atoms with Crippen LogP contribution in [0.25, 0.3) is 0 Å². The predicted molar refractivity (Wildman–Crippen MR) is 64.5 cm³/mol. The van der Waals surface area contributed by atoms with Gasteiger partial charge in [-0.15, -0.1) is 0 Å². The summed E-state index contributed by atoms with van der Waals surface area (Å²) >= 11 is 0. The van der Waals surface area contributed by atoms with E-state index in [9.17, 15) is 13.2 Å². The fraction of sp³-hybridized carbons (Fsp3) is 0.308. The number of nitrogens with zero attached hydrogens (tertiary/aromatic N) is 1. The van der Waals surface area contributed by atoms with Gasteiger partial charge in [-0.2, -0.15) is 13.2 Å². The second kappa shape index (κ2) is 4.48. The van der Waals surface area contributed by atoms with Crippen LogP contribution in [0.5, 0.6) is 0 Å². The molecule has 0 atom stereocenters. The average Bonchev–Trinajstić information content (AvgIpc) is 2.27. The van der Waals surface area contributed by atoms with E-state index < -0.39 is 11.7 Å². The molecule has 0 radical (unpaired) electrons. The normalized spacial score (nSPS) is 15.8. The Morgan fingerprint density at radius 3 is 2.50 bits per heavy atom. The summed E-state index contributed by atoms with van der Waals surface area (Å²) in [4.78, 5) is 4.23. The zero-order chi connectivity index (χ0) is 13.3. The first-order chi connectivity index (χ1) is 8.38. The molecule has 1 aliphatic heterocycles. The van der Waals surface area contributed by atoms with Crippen molar-refractivity contribution in [2.24, 2.45) is 4.99 Å². The Bertz CT molecular complexity index is 528. The number of hydrogen-bond donors (Lipinski definition) is 1. The number of benzene rings is 1. The molecule has 0 saturated carbocycles. The third-order valence-electron chi connectivity index (χ3n) is 2.79. The zero-order valence-corrected chi connectivity index (χ0v) is 10.1. The van der Waals surface area contributed by atoms with E-state index in [-0.39, 0.29) is 5.56 Å². The molecule has 0 unspecified atom stereocenters. The van der Waals surface area contributed by atoms with Crippen molar-refractivity contribution >= 4 is 5.71 Å². The maximum atomic E-state index is 12.6. The van der Waals surface area contributed by atoms with Crippen molar-refractivity contribution in [2.75, 3.05) is 6.67 Å². The first kappa shape index (κ1) is 12.7. The minimum absolute atomic E-state index is 0.215. The molecule has 96 valence electrons. The number of aliphatic imine (C=N–C) groups is 1. The van der Waals surface area contributed by atoms with Gasteiger partial charge in [-0.25, -0.2) is 0 Å². The lowest BCUT2D eigenvalue weighted by molar-refractivity contribution is -0.138. The molecule has 0 aromatic heterocycles. The van der Waals surface area contributed by atoms with E-state index in [1.807, 2.05) is 13.0 Å². The number of nitrogens with one attached hydrogen (secondary N) is 1. The summed E-state index contributed by atoms with van der Waals surface area (Å²) in [5, 5.41) is 3.03. The molecule has 1 aliphatic rings. The van der Waals surface area contributed by atoms with Crippen LogP contribution in [0.15, 0.2) is 35.0 Å². The SMILES string of the molecule is CC1=CC(c2ccc(C(F)(F)F)c(C)c2)=NCN1. The minimum atomic E-state index is -4.30. The van der Waals surface area contributed by atoms with E-state index in [0.29, 0.717) is 17.9 Å². The minimum Gasteiger partial charge on any atom is -0.370 e. The fourth-order valence-electron chi connectivity index (χ4n) is 1.87. The summed E-state index contributed by atoms with van der Waals surface area (Å²) < 4.78 is 37.9. The van der Waals surface area contributed by atoms with Gasteiger partial charge in [0.05, 0.1) is 11.3 Å². The molecule has 0 aliphatic carbocycles. The van der Waals surface area contributed by atoms with Crippen LogP contribution in [0.1, 0.15) is 23.6 Å². The molecule has 1 N–H and O–H groups in total. The molecule has 0 spiro atoms. The second-order valence-corrected chi connectivity index (χ2v) is 4.23. The van der Waals surface area contributed by atoms with Crippen LogP contribution in [0.2, 0.25) is 0 Å². The van der Waals surface area contributed by atoms with Gasteiger partial charge >= 0.3 is 6.18 Å². The van der Waals surface area contributed by atoms with E-state index in [1.54, 1.807) is 0 Å². The number of halogens is 3. The van der Waals surface area contributed by atoms with Gasteiger partial charge < -0.3 is 5.32 Å². The summed E-state index contributed by atoms with van der Waals surface area (Å²) in [5.41, 5.74) is 2.00. The zero-order valence-electron chi connectivity index (χ0n) is 10.1. The number of rotatable bonds is 1. The lowest BCUT2D eigenvalue weighted by Crippen LogP contribution is -2.19. The van der Waals surface area contributed by atoms with E-state index >= 15 is 0 Å². The van der Waals surface area contributed by atoms with Crippen LogP contribution in [-0.4, -0.2) is 12.4 Å². The first-order valence-corrected chi connectivity index (χ1v) is 5.53. The molecular formula is C13H13F3N2. The van der Waals surface area contributed by atoms with Crippen LogP contribution < -0.4 is 5.32 Å². The van der Waals surface area contributed by atoms with Crippen LogP contribution in [0.3, 0.4) is 0 Å². The summed E-state index contributed by atoms with van der Waals surface area (Å²) in [5.74, 6) is 0. The van der Waals surface area contributed by atoms with Crippen molar-refractivity contribution < 1.29 is 13.2 Å². The third-order valence-corrected chi connectivity index (χ3v) is 2.79. The molecule has 1 heterocycles. The van der Waals surface area contributed by atoms with Gasteiger partial charge in [-0.05, 0) is 37.6 Å². The standard InChI is InChI=1S/C13H13F3N2/c1-8-5-10(3-4-11(8)13(14,15)16)12-6-9(2)17-7-18-12/h3-6,17H,7H2,1-2H3. The largest absolute Gasteiger partial charge is 0.416 e. The molecule has 0 saturated heterocycles. The molecule has 0 fully saturated rings. The smallest absolute Gasteiger partial charge is 0.370 e. The Balaban J connectivity index is 2.38. The van der Waals surface area contributed by atoms with Crippen molar-refractivity contribution in [3.05, 3.63) is 46.7 Å². The number of alkyl halides is 3. The average molecular weight is 254 g/mol. The molecule has 2 rings (SSSR count). The van der Waals surface area contributed by atoms with Crippen LogP contribution in [-0.2, 0) is 6.18 Å². The molecule has 5 heteroatoms. The Labute approximate surface area is 103 Å². The maximum absolute atomic E-state index is 12.6. The lowest BCUT2D eigenvalue weighted by Gasteiger charge is -2.15. The monoisotopic (exact) mass is 254 g/mol. The molecular weight excluding hydrogens is 241 g/mol. The fourth-order valence-corrected chi connectivity index (χ4v) is 1.87. The molecule has 0 amide bonds. The molecule has 18 heavy (non-hydrogen) atoms. The Hall–Kier alpha value is -1.78. The molecule has 1 aromatic carbocycles. The van der Waals surface area contributed by atoms with Crippen LogP contribution in [0, 0.1) is 6.92 Å². The van der Waals surface area contributed by atoms with Gasteiger partial charge in [0.25, 0.3) is 0 Å². The highest BCUT2D eigenvalue weighted by Gasteiger charge is 2.32. The number of allylic oxidation sites excluding steroid dienone is 2. The molecule has 1 aromatic rings. The highest BCUT2D eigenvalue weighted by molar-refractivity contribution is 6.09. The highest BCUT2D eigenvalue weighted by Crippen LogP contribution is 2.32. The van der Waals surface area contributed by atoms with E-state index in [2.05, 4.69) is 10.3 Å². The highest BCUT2D eigenvalue weighted by atomic mass is 19.4. The van der Waals surface area contributed by atoms with E-state index in [0.717, 1.165) is 11.8 Å². The number of hydrogen-bond acceptors (Lipinski definition) is 2. The van der Waals surface area contributed by atoms with Gasteiger partial charge in [-0.3, -0.25) is 4.99 Å². The van der Waals surface area contributed by atoms with E-state index in [4.69, 9.17) is 0 Å². The van der Waals surface area contributed by atoms with Gasteiger partial charge in [0.2, 0.25) is 0 Å². The van der Waals surface area contributed by atoms with Crippen LogP contribution >= 0.6 is 0 Å².